The van der Waals surface area contributed by atoms with Crippen molar-refractivity contribution in [3.8, 4) is 11.5 Å². The molecule has 0 aromatic heterocycles. The molecule has 0 saturated heterocycles. The summed E-state index contributed by atoms with van der Waals surface area (Å²) in [4.78, 5) is 11.6. The number of Topliss-reactive ketones (excluding diaryl/α,β-unsaturated/α-hetero) is 1. The van der Waals surface area contributed by atoms with Gasteiger partial charge in [0.1, 0.15) is 0 Å². The Balaban J connectivity index is 2.31. The van der Waals surface area contributed by atoms with Crippen molar-refractivity contribution in [2.45, 2.75) is 19.8 Å². The maximum Gasteiger partial charge on any atom is 0.171 e. The van der Waals surface area contributed by atoms with Crippen LogP contribution in [0.15, 0.2) is 30.0 Å². The lowest BCUT2D eigenvalue weighted by Gasteiger charge is -2.18. The highest BCUT2D eigenvalue weighted by atomic mass is 16.5. The molecule has 0 aliphatic carbocycles. The summed E-state index contributed by atoms with van der Waals surface area (Å²) >= 11 is 0. The first-order chi connectivity index (χ1) is 7.76. The summed E-state index contributed by atoms with van der Waals surface area (Å²) in [7, 11) is 1.61. The minimum atomic E-state index is 0.133. The number of fused-ring (bicyclic) bond motifs is 1. The molecular weight excluding hydrogens is 204 g/mol. The van der Waals surface area contributed by atoms with E-state index in [0.29, 0.717) is 18.6 Å². The fraction of sp³-hybridized carbons (Fsp3) is 0.308. The van der Waals surface area contributed by atoms with E-state index in [1.54, 1.807) is 7.11 Å². The molecule has 0 N–H and O–H groups in total. The zero-order valence-corrected chi connectivity index (χ0v) is 9.45. The summed E-state index contributed by atoms with van der Waals surface area (Å²) < 4.78 is 10.7. The van der Waals surface area contributed by atoms with E-state index in [1.807, 2.05) is 25.1 Å². The molecule has 1 aliphatic rings. The van der Waals surface area contributed by atoms with E-state index in [4.69, 9.17) is 9.47 Å². The maximum absolute atomic E-state index is 11.6. The monoisotopic (exact) mass is 218 g/mol. The van der Waals surface area contributed by atoms with Gasteiger partial charge in [-0.25, -0.2) is 0 Å². The number of hydrogen-bond donors (Lipinski definition) is 0. The van der Waals surface area contributed by atoms with E-state index >= 15 is 0 Å². The third-order valence-electron chi connectivity index (χ3n) is 2.66. The summed E-state index contributed by atoms with van der Waals surface area (Å²) in [6.45, 7) is 1.85. The Morgan fingerprint density at radius 3 is 3.00 bits per heavy atom. The molecule has 0 fully saturated rings. The van der Waals surface area contributed by atoms with Crippen LogP contribution in [-0.4, -0.2) is 12.9 Å². The minimum absolute atomic E-state index is 0.133. The largest absolute Gasteiger partial charge is 0.493 e. The van der Waals surface area contributed by atoms with Crippen LogP contribution in [0.1, 0.15) is 18.9 Å². The highest BCUT2D eigenvalue weighted by Crippen LogP contribution is 2.35. The number of carbonyl (C=O) groups is 1. The second-order valence-corrected chi connectivity index (χ2v) is 3.66. The zero-order valence-electron chi connectivity index (χ0n) is 9.45. The summed E-state index contributed by atoms with van der Waals surface area (Å²) in [5, 5.41) is 0. The van der Waals surface area contributed by atoms with E-state index < -0.39 is 0 Å². The number of methoxy groups -OCH3 is 1. The number of benzene rings is 1. The van der Waals surface area contributed by atoms with Crippen LogP contribution in [-0.2, 0) is 11.2 Å². The molecule has 84 valence electrons. The molecule has 1 heterocycles. The van der Waals surface area contributed by atoms with Crippen molar-refractivity contribution in [1.29, 1.82) is 0 Å². The van der Waals surface area contributed by atoms with Crippen molar-refractivity contribution in [2.75, 3.05) is 7.11 Å². The molecule has 1 aliphatic heterocycles. The van der Waals surface area contributed by atoms with Crippen molar-refractivity contribution in [1.82, 2.24) is 0 Å². The van der Waals surface area contributed by atoms with Gasteiger partial charge in [0.25, 0.3) is 0 Å². The molecule has 0 radical (unpaired) electrons. The number of ether oxygens (including phenoxy) is 2. The van der Waals surface area contributed by atoms with Crippen LogP contribution >= 0.6 is 0 Å². The molecule has 0 spiro atoms. The first-order valence-electron chi connectivity index (χ1n) is 5.31. The molecule has 1 aromatic carbocycles. The number of ketones is 1. The van der Waals surface area contributed by atoms with Crippen molar-refractivity contribution in [3.05, 3.63) is 35.6 Å². The van der Waals surface area contributed by atoms with Gasteiger partial charge in [-0.2, -0.15) is 0 Å². The highest BCUT2D eigenvalue weighted by molar-refractivity contribution is 5.95. The molecule has 2 rings (SSSR count). The first-order valence-corrected chi connectivity index (χ1v) is 5.31. The Bertz CT molecular complexity index is 446. The van der Waals surface area contributed by atoms with Gasteiger partial charge in [-0.15, -0.1) is 0 Å². The molecule has 3 heteroatoms. The van der Waals surface area contributed by atoms with Gasteiger partial charge in [0.2, 0.25) is 0 Å². The van der Waals surface area contributed by atoms with Gasteiger partial charge in [0, 0.05) is 24.0 Å². The SMILES string of the molecule is CCC(=O)C1=COc2c(cccc2OC)C1. The summed E-state index contributed by atoms with van der Waals surface area (Å²) in [5.41, 5.74) is 1.72. The van der Waals surface area contributed by atoms with Gasteiger partial charge in [0.05, 0.1) is 13.4 Å². The van der Waals surface area contributed by atoms with Gasteiger partial charge in [-0.1, -0.05) is 19.1 Å². The van der Waals surface area contributed by atoms with E-state index in [1.165, 1.54) is 6.26 Å². The number of hydrogen-bond acceptors (Lipinski definition) is 3. The molecule has 0 amide bonds. The Morgan fingerprint density at radius 2 is 2.31 bits per heavy atom. The van der Waals surface area contributed by atoms with Crippen LogP contribution in [0.2, 0.25) is 0 Å². The topological polar surface area (TPSA) is 35.5 Å². The third-order valence-corrected chi connectivity index (χ3v) is 2.66. The number of rotatable bonds is 3. The van der Waals surface area contributed by atoms with Gasteiger partial charge in [0.15, 0.2) is 17.3 Å². The van der Waals surface area contributed by atoms with E-state index in [9.17, 15) is 4.79 Å². The second kappa shape index (κ2) is 4.39. The zero-order chi connectivity index (χ0) is 11.5. The second-order valence-electron chi connectivity index (χ2n) is 3.66. The van der Waals surface area contributed by atoms with Crippen molar-refractivity contribution >= 4 is 5.78 Å². The van der Waals surface area contributed by atoms with Crippen molar-refractivity contribution in [2.24, 2.45) is 0 Å². The number of para-hydroxylation sites is 1. The average molecular weight is 218 g/mol. The predicted octanol–water partition coefficient (Wildman–Crippen LogP) is 2.49. The minimum Gasteiger partial charge on any atom is -0.493 e. The average Bonchev–Trinajstić information content (AvgIpc) is 2.36. The molecular formula is C13H14O3. The van der Waals surface area contributed by atoms with E-state index in [-0.39, 0.29) is 5.78 Å². The summed E-state index contributed by atoms with van der Waals surface area (Å²) in [6, 6.07) is 5.70. The quantitative estimate of drug-likeness (QED) is 0.781. The van der Waals surface area contributed by atoms with Crippen LogP contribution in [0.5, 0.6) is 11.5 Å². The van der Waals surface area contributed by atoms with Crippen molar-refractivity contribution < 1.29 is 14.3 Å². The fourth-order valence-corrected chi connectivity index (χ4v) is 1.76. The van der Waals surface area contributed by atoms with Crippen LogP contribution in [0.4, 0.5) is 0 Å². The third kappa shape index (κ3) is 1.81. The van der Waals surface area contributed by atoms with Crippen LogP contribution in [0.25, 0.3) is 0 Å². The Kier molecular flexibility index (Phi) is 2.95. The van der Waals surface area contributed by atoms with Gasteiger partial charge >= 0.3 is 0 Å². The Morgan fingerprint density at radius 1 is 1.50 bits per heavy atom. The highest BCUT2D eigenvalue weighted by Gasteiger charge is 2.19. The lowest BCUT2D eigenvalue weighted by atomic mass is 9.99. The lowest BCUT2D eigenvalue weighted by molar-refractivity contribution is -0.115. The van der Waals surface area contributed by atoms with Gasteiger partial charge in [-0.3, -0.25) is 4.79 Å². The molecule has 1 aromatic rings. The first kappa shape index (κ1) is 10.7. The molecule has 0 unspecified atom stereocenters. The summed E-state index contributed by atoms with van der Waals surface area (Å²) in [5.74, 6) is 1.56. The standard InChI is InChI=1S/C13H14O3/c1-3-11(14)10-7-9-5-4-6-12(15-2)13(9)16-8-10/h4-6,8H,3,7H2,1-2H3. The predicted molar refractivity (Wildman–Crippen MR) is 60.7 cm³/mol. The van der Waals surface area contributed by atoms with Gasteiger partial charge < -0.3 is 9.47 Å². The van der Waals surface area contributed by atoms with Crippen LogP contribution < -0.4 is 9.47 Å². The number of carbonyl (C=O) groups excluding carboxylic acids is 1. The molecule has 0 saturated carbocycles. The van der Waals surface area contributed by atoms with Crippen LogP contribution in [0, 0.1) is 0 Å². The van der Waals surface area contributed by atoms with Gasteiger partial charge in [-0.05, 0) is 6.07 Å². The normalized spacial score (nSPS) is 13.5. The smallest absolute Gasteiger partial charge is 0.171 e. The van der Waals surface area contributed by atoms with Crippen LogP contribution in [0.3, 0.4) is 0 Å². The molecule has 0 atom stereocenters. The van der Waals surface area contributed by atoms with E-state index in [2.05, 4.69) is 0 Å². The fourth-order valence-electron chi connectivity index (χ4n) is 1.76. The lowest BCUT2D eigenvalue weighted by Crippen LogP contribution is -2.11. The molecule has 0 bridgehead atoms. The van der Waals surface area contributed by atoms with E-state index in [0.717, 1.165) is 16.9 Å². The van der Waals surface area contributed by atoms with Crippen molar-refractivity contribution in [3.63, 3.8) is 0 Å². The number of allylic oxidation sites excluding steroid dienone is 1. The molecule has 16 heavy (non-hydrogen) atoms. The Labute approximate surface area is 94.7 Å². The molecule has 3 nitrogen and oxygen atoms in total. The Hall–Kier alpha value is -1.77. The maximum atomic E-state index is 11.6. The summed E-state index contributed by atoms with van der Waals surface area (Å²) in [6.07, 6.45) is 2.67.